The van der Waals surface area contributed by atoms with Gasteiger partial charge in [-0.25, -0.2) is 8.78 Å². The molecule has 0 bridgehead atoms. The van der Waals surface area contributed by atoms with Crippen LogP contribution in [-0.2, 0) is 6.54 Å². The van der Waals surface area contributed by atoms with Gasteiger partial charge in [-0.3, -0.25) is 4.99 Å². The van der Waals surface area contributed by atoms with Crippen LogP contribution in [0.15, 0.2) is 23.2 Å². The highest BCUT2D eigenvalue weighted by molar-refractivity contribution is 5.79. The Bertz CT molecular complexity index is 571. The molecule has 0 saturated carbocycles. The van der Waals surface area contributed by atoms with E-state index in [4.69, 9.17) is 0 Å². The maximum absolute atomic E-state index is 13.6. The zero-order valence-electron chi connectivity index (χ0n) is 15.9. The van der Waals surface area contributed by atoms with Crippen molar-refractivity contribution >= 4 is 5.96 Å². The molecule has 2 N–H and O–H groups in total. The van der Waals surface area contributed by atoms with E-state index in [1.54, 1.807) is 7.05 Å². The second-order valence-electron chi connectivity index (χ2n) is 6.57. The Kier molecular flexibility index (Phi) is 8.77. The minimum atomic E-state index is -0.439. The summed E-state index contributed by atoms with van der Waals surface area (Å²) in [5.74, 6) is -0.256. The number of nitrogens with zero attached hydrogens (tertiary/aromatic N) is 3. The van der Waals surface area contributed by atoms with E-state index in [-0.39, 0.29) is 6.54 Å². The van der Waals surface area contributed by atoms with Gasteiger partial charge in [-0.15, -0.1) is 0 Å². The molecule has 0 radical (unpaired) electrons. The molecular weight excluding hydrogens is 336 g/mol. The summed E-state index contributed by atoms with van der Waals surface area (Å²) in [5.41, 5.74) is 0.291. The molecular formula is C19H31F2N5. The standard InChI is InChI=1S/C19H31F2N5/c1-3-25-10-12-26(13-11-25)9-5-4-8-23-19(22-2)24-15-16-14-17(20)6-7-18(16)21/h6-7,14H,3-5,8-13,15H2,1-2H3,(H2,22,23,24). The monoisotopic (exact) mass is 367 g/mol. The predicted molar refractivity (Wildman–Crippen MR) is 102 cm³/mol. The molecule has 0 unspecified atom stereocenters. The first-order chi connectivity index (χ1) is 12.6. The number of rotatable bonds is 8. The third-order valence-electron chi connectivity index (χ3n) is 4.78. The Morgan fingerprint density at radius 3 is 2.50 bits per heavy atom. The molecule has 7 heteroatoms. The fourth-order valence-electron chi connectivity index (χ4n) is 3.07. The molecule has 5 nitrogen and oxygen atoms in total. The van der Waals surface area contributed by atoms with Crippen molar-refractivity contribution in [2.24, 2.45) is 4.99 Å². The van der Waals surface area contributed by atoms with E-state index in [0.29, 0.717) is 11.5 Å². The van der Waals surface area contributed by atoms with Crippen LogP contribution in [0.25, 0.3) is 0 Å². The van der Waals surface area contributed by atoms with Crippen LogP contribution in [0.2, 0.25) is 0 Å². The van der Waals surface area contributed by atoms with Crippen LogP contribution < -0.4 is 10.6 Å². The molecule has 1 heterocycles. The van der Waals surface area contributed by atoms with E-state index in [1.165, 1.54) is 19.2 Å². The number of guanidine groups is 1. The molecule has 0 aromatic heterocycles. The van der Waals surface area contributed by atoms with E-state index in [1.807, 2.05) is 0 Å². The second kappa shape index (κ2) is 11.1. The van der Waals surface area contributed by atoms with Crippen molar-refractivity contribution in [3.8, 4) is 0 Å². The lowest BCUT2D eigenvalue weighted by atomic mass is 10.2. The molecule has 26 heavy (non-hydrogen) atoms. The van der Waals surface area contributed by atoms with Crippen molar-refractivity contribution in [2.45, 2.75) is 26.3 Å². The Hall–Kier alpha value is -1.73. The number of halogens is 2. The van der Waals surface area contributed by atoms with Crippen molar-refractivity contribution in [1.82, 2.24) is 20.4 Å². The van der Waals surface area contributed by atoms with Gasteiger partial charge >= 0.3 is 0 Å². The van der Waals surface area contributed by atoms with Crippen LogP contribution in [0.5, 0.6) is 0 Å². The molecule has 1 aliphatic heterocycles. The average Bonchev–Trinajstić information content (AvgIpc) is 2.67. The summed E-state index contributed by atoms with van der Waals surface area (Å²) in [4.78, 5) is 9.12. The number of piperazine rings is 1. The summed E-state index contributed by atoms with van der Waals surface area (Å²) in [6, 6.07) is 3.46. The lowest BCUT2D eigenvalue weighted by Crippen LogP contribution is -2.46. The number of unbranched alkanes of at least 4 members (excludes halogenated alkanes) is 1. The lowest BCUT2D eigenvalue weighted by molar-refractivity contribution is 0.136. The molecule has 0 atom stereocenters. The number of hydrogen-bond donors (Lipinski definition) is 2. The van der Waals surface area contributed by atoms with Crippen LogP contribution >= 0.6 is 0 Å². The number of aliphatic imine (C=N–C) groups is 1. The quantitative estimate of drug-likeness (QED) is 0.419. The summed E-state index contributed by atoms with van der Waals surface area (Å²) in [5, 5.41) is 6.25. The van der Waals surface area contributed by atoms with Gasteiger partial charge in [0.15, 0.2) is 5.96 Å². The van der Waals surface area contributed by atoms with Crippen LogP contribution in [-0.4, -0.2) is 68.6 Å². The molecule has 0 spiro atoms. The summed E-state index contributed by atoms with van der Waals surface area (Å²) in [6.07, 6.45) is 2.18. The average molecular weight is 367 g/mol. The van der Waals surface area contributed by atoms with Crippen molar-refractivity contribution in [1.29, 1.82) is 0 Å². The first-order valence-electron chi connectivity index (χ1n) is 9.45. The number of hydrogen-bond acceptors (Lipinski definition) is 3. The Morgan fingerprint density at radius 1 is 1.08 bits per heavy atom. The fourth-order valence-corrected chi connectivity index (χ4v) is 3.07. The highest BCUT2D eigenvalue weighted by atomic mass is 19.1. The maximum Gasteiger partial charge on any atom is 0.191 e. The minimum Gasteiger partial charge on any atom is -0.356 e. The normalized spacial score (nSPS) is 16.7. The Labute approximate surface area is 155 Å². The van der Waals surface area contributed by atoms with Crippen molar-refractivity contribution in [2.75, 3.05) is 52.9 Å². The van der Waals surface area contributed by atoms with Gasteiger partial charge in [0.2, 0.25) is 0 Å². The summed E-state index contributed by atoms with van der Waals surface area (Å²) < 4.78 is 26.8. The van der Waals surface area contributed by atoms with E-state index in [0.717, 1.165) is 57.7 Å². The van der Waals surface area contributed by atoms with Crippen molar-refractivity contribution in [3.05, 3.63) is 35.4 Å². The maximum atomic E-state index is 13.6. The molecule has 0 amide bonds. The zero-order valence-corrected chi connectivity index (χ0v) is 15.9. The van der Waals surface area contributed by atoms with Crippen LogP contribution in [0.4, 0.5) is 8.78 Å². The SMILES string of the molecule is CCN1CCN(CCCCNC(=NC)NCc2cc(F)ccc2F)CC1. The smallest absolute Gasteiger partial charge is 0.191 e. The predicted octanol–water partition coefficient (Wildman–Crippen LogP) is 2.05. The summed E-state index contributed by atoms with van der Waals surface area (Å²) in [6.45, 7) is 10.1. The fraction of sp³-hybridized carbons (Fsp3) is 0.632. The van der Waals surface area contributed by atoms with E-state index in [9.17, 15) is 8.78 Å². The van der Waals surface area contributed by atoms with Crippen LogP contribution in [0.3, 0.4) is 0 Å². The van der Waals surface area contributed by atoms with E-state index in [2.05, 4.69) is 32.3 Å². The van der Waals surface area contributed by atoms with E-state index >= 15 is 0 Å². The second-order valence-corrected chi connectivity index (χ2v) is 6.57. The number of nitrogens with one attached hydrogen (secondary N) is 2. The minimum absolute atomic E-state index is 0.199. The molecule has 0 aliphatic carbocycles. The zero-order chi connectivity index (χ0) is 18.8. The van der Waals surface area contributed by atoms with Gasteiger partial charge in [0.25, 0.3) is 0 Å². The van der Waals surface area contributed by atoms with Crippen molar-refractivity contribution in [3.63, 3.8) is 0 Å². The van der Waals surface area contributed by atoms with Gasteiger partial charge in [-0.2, -0.15) is 0 Å². The topological polar surface area (TPSA) is 42.9 Å². The van der Waals surface area contributed by atoms with Gasteiger partial charge in [-0.05, 0) is 44.1 Å². The van der Waals surface area contributed by atoms with Crippen LogP contribution in [0, 0.1) is 11.6 Å². The Morgan fingerprint density at radius 2 is 1.81 bits per heavy atom. The first-order valence-corrected chi connectivity index (χ1v) is 9.45. The third-order valence-corrected chi connectivity index (χ3v) is 4.78. The van der Waals surface area contributed by atoms with Crippen LogP contribution in [0.1, 0.15) is 25.3 Å². The molecule has 1 aromatic carbocycles. The lowest BCUT2D eigenvalue weighted by Gasteiger charge is -2.34. The van der Waals surface area contributed by atoms with Gasteiger partial charge in [0, 0.05) is 51.9 Å². The number of benzene rings is 1. The van der Waals surface area contributed by atoms with Gasteiger partial charge < -0.3 is 20.4 Å². The summed E-state index contributed by atoms with van der Waals surface area (Å²) >= 11 is 0. The van der Waals surface area contributed by atoms with Crippen molar-refractivity contribution < 1.29 is 8.78 Å². The molecule has 2 rings (SSSR count). The molecule has 1 saturated heterocycles. The first kappa shape index (κ1) is 20.6. The highest BCUT2D eigenvalue weighted by Crippen LogP contribution is 2.09. The molecule has 1 fully saturated rings. The molecule has 1 aromatic rings. The van der Waals surface area contributed by atoms with Gasteiger partial charge in [-0.1, -0.05) is 6.92 Å². The largest absolute Gasteiger partial charge is 0.356 e. The number of likely N-dealkylation sites (N-methyl/N-ethyl adjacent to an activating group) is 1. The summed E-state index contributed by atoms with van der Waals surface area (Å²) in [7, 11) is 1.67. The molecule has 1 aliphatic rings. The molecule has 146 valence electrons. The Balaban J connectivity index is 1.60. The van der Waals surface area contributed by atoms with E-state index < -0.39 is 11.6 Å². The third kappa shape index (κ3) is 6.88. The van der Waals surface area contributed by atoms with Gasteiger partial charge in [0.05, 0.1) is 0 Å². The van der Waals surface area contributed by atoms with Gasteiger partial charge in [0.1, 0.15) is 11.6 Å². The highest BCUT2D eigenvalue weighted by Gasteiger charge is 2.14.